The zero-order chi connectivity index (χ0) is 26.5. The lowest BCUT2D eigenvalue weighted by atomic mass is 9.76. The second kappa shape index (κ2) is 11.8. The summed E-state index contributed by atoms with van der Waals surface area (Å²) < 4.78 is 10.5. The molecule has 0 fully saturated rings. The van der Waals surface area contributed by atoms with E-state index in [0.717, 1.165) is 46.2 Å². The van der Waals surface area contributed by atoms with Gasteiger partial charge in [-0.1, -0.05) is 42.5 Å². The van der Waals surface area contributed by atoms with E-state index in [2.05, 4.69) is 58.3 Å². The van der Waals surface area contributed by atoms with E-state index < -0.39 is 0 Å². The molecule has 1 aliphatic carbocycles. The Morgan fingerprint density at radius 2 is 1.74 bits per heavy atom. The van der Waals surface area contributed by atoms with Gasteiger partial charge in [0.25, 0.3) is 0 Å². The van der Waals surface area contributed by atoms with Crippen molar-refractivity contribution in [3.8, 4) is 11.5 Å². The summed E-state index contributed by atoms with van der Waals surface area (Å²) in [6.07, 6.45) is 5.66. The molecule has 2 N–H and O–H groups in total. The van der Waals surface area contributed by atoms with Gasteiger partial charge in [-0.2, -0.15) is 5.10 Å². The number of hydrazone groups is 1. The van der Waals surface area contributed by atoms with E-state index in [4.69, 9.17) is 9.47 Å². The molecule has 38 heavy (non-hydrogen) atoms. The smallest absolute Gasteiger partial charge is 0.250 e. The first-order chi connectivity index (χ1) is 18.6. The van der Waals surface area contributed by atoms with Gasteiger partial charge in [0, 0.05) is 17.4 Å². The van der Waals surface area contributed by atoms with Gasteiger partial charge in [-0.25, -0.2) is 5.43 Å². The van der Waals surface area contributed by atoms with Crippen molar-refractivity contribution in [3.05, 3.63) is 101 Å². The Morgan fingerprint density at radius 1 is 1.03 bits per heavy atom. The Hall–Kier alpha value is -3.71. The summed E-state index contributed by atoms with van der Waals surface area (Å²) in [5.41, 5.74) is 9.37. The van der Waals surface area contributed by atoms with Crippen molar-refractivity contribution in [1.82, 2.24) is 5.43 Å². The average molecular weight is 528 g/mol. The van der Waals surface area contributed by atoms with Crippen LogP contribution in [0, 0.1) is 5.92 Å². The lowest BCUT2D eigenvalue weighted by Gasteiger charge is -2.37. The van der Waals surface area contributed by atoms with Crippen molar-refractivity contribution in [2.75, 3.05) is 25.3 Å². The van der Waals surface area contributed by atoms with Crippen molar-refractivity contribution in [2.24, 2.45) is 11.0 Å². The summed E-state index contributed by atoms with van der Waals surface area (Å²) in [6, 6.07) is 22.9. The normalized spacial score (nSPS) is 19.8. The number of carbonyl (C=O) groups is 1. The number of amides is 1. The Balaban J connectivity index is 1.22. The highest BCUT2D eigenvalue weighted by Gasteiger charge is 2.38. The fourth-order valence-corrected chi connectivity index (χ4v) is 5.97. The Morgan fingerprint density at radius 3 is 2.45 bits per heavy atom. The van der Waals surface area contributed by atoms with E-state index in [0.29, 0.717) is 17.6 Å². The number of rotatable bonds is 9. The molecule has 3 aromatic rings. The van der Waals surface area contributed by atoms with E-state index >= 15 is 0 Å². The van der Waals surface area contributed by atoms with Gasteiger partial charge < -0.3 is 14.8 Å². The van der Waals surface area contributed by atoms with Crippen LogP contribution in [0.4, 0.5) is 5.69 Å². The van der Waals surface area contributed by atoms with Crippen LogP contribution in [-0.4, -0.2) is 31.6 Å². The number of hydrogen-bond acceptors (Lipinski definition) is 6. The monoisotopic (exact) mass is 527 g/mol. The molecule has 2 aliphatic rings. The van der Waals surface area contributed by atoms with Crippen molar-refractivity contribution >= 4 is 29.1 Å². The summed E-state index contributed by atoms with van der Waals surface area (Å²) in [7, 11) is 3.35. The number of nitrogens with one attached hydrogen (secondary N) is 2. The van der Waals surface area contributed by atoms with Gasteiger partial charge in [-0.05, 0) is 77.9 Å². The van der Waals surface area contributed by atoms with Gasteiger partial charge in [0.15, 0.2) is 0 Å². The molecule has 6 nitrogen and oxygen atoms in total. The van der Waals surface area contributed by atoms with Crippen LogP contribution in [0.15, 0.2) is 84.0 Å². The quantitative estimate of drug-likeness (QED) is 0.194. The minimum Gasteiger partial charge on any atom is -0.497 e. The predicted molar refractivity (Wildman–Crippen MR) is 155 cm³/mol. The molecular formula is C31H33N3O3S. The second-order valence-corrected chi connectivity index (χ2v) is 10.6. The zero-order valence-electron chi connectivity index (χ0n) is 21.9. The third-order valence-electron chi connectivity index (χ3n) is 7.26. The van der Waals surface area contributed by atoms with E-state index in [1.165, 1.54) is 11.1 Å². The molecule has 0 radical (unpaired) electrons. The number of benzene rings is 3. The van der Waals surface area contributed by atoms with Gasteiger partial charge in [-0.3, -0.25) is 4.79 Å². The molecule has 1 aliphatic heterocycles. The largest absolute Gasteiger partial charge is 0.497 e. The average Bonchev–Trinajstić information content (AvgIpc) is 3.46. The molecule has 3 atom stereocenters. The molecule has 1 heterocycles. The Labute approximate surface area is 228 Å². The van der Waals surface area contributed by atoms with E-state index in [1.54, 1.807) is 26.0 Å². The number of nitrogens with zero attached hydrogens (tertiary/aromatic N) is 1. The fraction of sp³-hybridized carbons (Fsp3) is 0.290. The van der Waals surface area contributed by atoms with Crippen molar-refractivity contribution < 1.29 is 14.3 Å². The van der Waals surface area contributed by atoms with Gasteiger partial charge in [0.05, 0.1) is 31.7 Å². The Kier molecular flexibility index (Phi) is 8.03. The minimum absolute atomic E-state index is 0.108. The maximum atomic E-state index is 12.4. The van der Waals surface area contributed by atoms with Crippen LogP contribution in [0.5, 0.6) is 11.5 Å². The molecule has 0 bridgehead atoms. The van der Waals surface area contributed by atoms with Crippen LogP contribution in [0.2, 0.25) is 0 Å². The van der Waals surface area contributed by atoms with Crippen LogP contribution in [0.25, 0.3) is 0 Å². The number of fused-ring (bicyclic) bond motifs is 3. The molecule has 0 saturated carbocycles. The van der Waals surface area contributed by atoms with Crippen molar-refractivity contribution in [2.45, 2.75) is 31.1 Å². The highest BCUT2D eigenvalue weighted by molar-refractivity contribution is 7.99. The third-order valence-corrected chi connectivity index (χ3v) is 8.27. The number of carbonyl (C=O) groups excluding carboxylic acids is 1. The van der Waals surface area contributed by atoms with E-state index in [-0.39, 0.29) is 11.9 Å². The summed E-state index contributed by atoms with van der Waals surface area (Å²) >= 11 is 1.56. The summed E-state index contributed by atoms with van der Waals surface area (Å²) in [5, 5.41) is 8.17. The van der Waals surface area contributed by atoms with Gasteiger partial charge >= 0.3 is 0 Å². The molecular weight excluding hydrogens is 494 g/mol. The summed E-state index contributed by atoms with van der Waals surface area (Å²) in [6.45, 7) is 1.94. The predicted octanol–water partition coefficient (Wildman–Crippen LogP) is 6.30. The highest BCUT2D eigenvalue weighted by Crippen LogP contribution is 2.50. The van der Waals surface area contributed by atoms with Gasteiger partial charge in [-0.15, -0.1) is 11.8 Å². The van der Waals surface area contributed by atoms with Crippen molar-refractivity contribution in [3.63, 3.8) is 0 Å². The maximum Gasteiger partial charge on any atom is 0.250 e. The van der Waals surface area contributed by atoms with Gasteiger partial charge in [0.1, 0.15) is 11.5 Å². The lowest BCUT2D eigenvalue weighted by molar-refractivity contribution is -0.118. The molecule has 0 aromatic heterocycles. The number of anilines is 1. The molecule has 0 unspecified atom stereocenters. The molecule has 196 valence electrons. The molecule has 0 spiro atoms. The summed E-state index contributed by atoms with van der Waals surface area (Å²) in [5.74, 6) is 3.48. The number of thioether (sulfide) groups is 1. The molecule has 3 aromatic carbocycles. The van der Waals surface area contributed by atoms with Crippen LogP contribution >= 0.6 is 11.8 Å². The zero-order valence-corrected chi connectivity index (χ0v) is 22.8. The third kappa shape index (κ3) is 5.73. The standard InChI is InChI=1S/C31H33N3O3S/c1-20(33-34-30(35)19-38-18-21-7-12-24(36-2)13-8-21)23-11-16-29-28(17-23)26-5-4-6-27(26)31(32-29)22-9-14-25(37-3)15-10-22/h4-5,7-17,26-27,31-32H,6,18-19H2,1-3H3,(H,34,35)/b33-20-/t26-,27+,31+/m1/s1. The molecule has 7 heteroatoms. The van der Waals surface area contributed by atoms with Gasteiger partial charge in [0.2, 0.25) is 5.91 Å². The van der Waals surface area contributed by atoms with E-state index in [9.17, 15) is 4.79 Å². The van der Waals surface area contributed by atoms with Crippen LogP contribution < -0.4 is 20.2 Å². The SMILES string of the molecule is COc1ccc(CSCC(=O)N/N=C(/C)c2ccc3c(c2)[C@@H]2C=CC[C@@H]2[C@H](c2ccc(OC)cc2)N3)cc1. The number of ether oxygens (including phenoxy) is 2. The van der Waals surface area contributed by atoms with Crippen LogP contribution in [-0.2, 0) is 10.5 Å². The number of methoxy groups -OCH3 is 2. The molecule has 1 amide bonds. The first-order valence-corrected chi connectivity index (χ1v) is 14.0. The number of hydrogen-bond donors (Lipinski definition) is 2. The van der Waals surface area contributed by atoms with Crippen LogP contribution in [0.3, 0.4) is 0 Å². The van der Waals surface area contributed by atoms with Crippen LogP contribution in [0.1, 0.15) is 47.6 Å². The van der Waals surface area contributed by atoms with Crippen molar-refractivity contribution in [1.29, 1.82) is 0 Å². The first kappa shape index (κ1) is 25.9. The van der Waals surface area contributed by atoms with E-state index in [1.807, 2.05) is 43.3 Å². The number of allylic oxidation sites excluding steroid dienone is 2. The molecule has 0 saturated heterocycles. The molecule has 5 rings (SSSR count). The topological polar surface area (TPSA) is 72.0 Å². The minimum atomic E-state index is -0.108. The summed E-state index contributed by atoms with van der Waals surface area (Å²) in [4.78, 5) is 12.4. The lowest BCUT2D eigenvalue weighted by Crippen LogP contribution is -2.29. The Bertz CT molecular complexity index is 1340. The highest BCUT2D eigenvalue weighted by atomic mass is 32.2. The second-order valence-electron chi connectivity index (χ2n) is 9.62. The first-order valence-electron chi connectivity index (χ1n) is 12.8. The fourth-order valence-electron chi connectivity index (χ4n) is 5.19. The maximum absolute atomic E-state index is 12.4.